The quantitative estimate of drug-likeness (QED) is 0.563. The van der Waals surface area contributed by atoms with Crippen molar-refractivity contribution in [3.63, 3.8) is 0 Å². The minimum atomic E-state index is 0.443. The molecule has 8 heteroatoms. The van der Waals surface area contributed by atoms with Gasteiger partial charge in [0.1, 0.15) is 5.82 Å². The molecule has 1 saturated carbocycles. The fourth-order valence-electron chi connectivity index (χ4n) is 3.80. The van der Waals surface area contributed by atoms with Crippen LogP contribution in [0.15, 0.2) is 28.9 Å². The second-order valence-electron chi connectivity index (χ2n) is 7.92. The van der Waals surface area contributed by atoms with Crippen molar-refractivity contribution in [1.82, 2.24) is 15.3 Å². The van der Waals surface area contributed by atoms with Gasteiger partial charge in [-0.3, -0.25) is 0 Å². The van der Waals surface area contributed by atoms with Crippen LogP contribution in [0.4, 0.5) is 11.8 Å². The average molecular weight is 478 g/mol. The maximum absolute atomic E-state index is 5.42. The number of hydrogen-bond acceptors (Lipinski definition) is 7. The van der Waals surface area contributed by atoms with Gasteiger partial charge in [0.2, 0.25) is 5.95 Å². The number of anilines is 2. The van der Waals surface area contributed by atoms with Crippen molar-refractivity contribution in [3.8, 4) is 11.5 Å². The fraction of sp³-hybridized carbons (Fsp3) is 0.545. The van der Waals surface area contributed by atoms with E-state index in [1.165, 1.54) is 18.4 Å². The molecule has 1 fully saturated rings. The highest BCUT2D eigenvalue weighted by molar-refractivity contribution is 9.10. The summed E-state index contributed by atoms with van der Waals surface area (Å²) in [5, 5.41) is 7.12. The smallest absolute Gasteiger partial charge is 0.224 e. The van der Waals surface area contributed by atoms with Gasteiger partial charge in [0.25, 0.3) is 0 Å². The molecule has 0 radical (unpaired) electrons. The molecule has 0 aliphatic heterocycles. The molecule has 0 saturated heterocycles. The summed E-state index contributed by atoms with van der Waals surface area (Å²) in [6.07, 6.45) is 6.49. The van der Waals surface area contributed by atoms with Crippen LogP contribution in [0.25, 0.3) is 0 Å². The number of methoxy groups -OCH3 is 2. The topological polar surface area (TPSA) is 71.5 Å². The van der Waals surface area contributed by atoms with Crippen LogP contribution in [-0.4, -0.2) is 50.9 Å². The molecule has 0 unspecified atom stereocenters. The number of benzene rings is 1. The van der Waals surface area contributed by atoms with Crippen molar-refractivity contribution in [3.05, 3.63) is 34.4 Å². The molecule has 0 amide bonds. The van der Waals surface area contributed by atoms with Crippen LogP contribution < -0.4 is 25.0 Å². The van der Waals surface area contributed by atoms with Gasteiger partial charge in [-0.05, 0) is 61.9 Å². The predicted molar refractivity (Wildman–Crippen MR) is 125 cm³/mol. The molecule has 7 nitrogen and oxygen atoms in total. The van der Waals surface area contributed by atoms with Crippen LogP contribution >= 0.6 is 15.9 Å². The monoisotopic (exact) mass is 477 g/mol. The van der Waals surface area contributed by atoms with E-state index in [4.69, 9.17) is 9.47 Å². The first-order valence-electron chi connectivity index (χ1n) is 10.4. The van der Waals surface area contributed by atoms with Crippen LogP contribution in [0, 0.1) is 5.92 Å². The Morgan fingerprint density at radius 3 is 2.47 bits per heavy atom. The van der Waals surface area contributed by atoms with Crippen LogP contribution in [0.2, 0.25) is 0 Å². The van der Waals surface area contributed by atoms with E-state index >= 15 is 0 Å². The van der Waals surface area contributed by atoms with Crippen molar-refractivity contribution in [2.45, 2.75) is 38.3 Å². The second-order valence-corrected chi connectivity index (χ2v) is 8.78. The lowest BCUT2D eigenvalue weighted by Crippen LogP contribution is -2.31. The first kappa shape index (κ1) is 22.6. The summed E-state index contributed by atoms with van der Waals surface area (Å²) in [4.78, 5) is 10.9. The molecule has 1 aromatic carbocycles. The molecule has 2 N–H and O–H groups in total. The highest BCUT2D eigenvalue weighted by atomic mass is 79.9. The molecule has 2 aromatic rings. The number of hydrogen-bond donors (Lipinski definition) is 2. The Morgan fingerprint density at radius 1 is 1.10 bits per heavy atom. The minimum Gasteiger partial charge on any atom is -0.493 e. The molecule has 0 spiro atoms. The number of rotatable bonds is 9. The summed E-state index contributed by atoms with van der Waals surface area (Å²) in [5.41, 5.74) is 1.17. The molecule has 3 rings (SSSR count). The molecule has 164 valence electrons. The Kier molecular flexibility index (Phi) is 8.16. The maximum atomic E-state index is 5.42. The number of nitrogens with one attached hydrogen (secondary N) is 2. The van der Waals surface area contributed by atoms with Crippen LogP contribution in [0.5, 0.6) is 11.5 Å². The molecule has 1 heterocycles. The number of aromatic nitrogens is 2. The Hall–Kier alpha value is -2.06. The first-order valence-corrected chi connectivity index (χ1v) is 11.2. The Labute approximate surface area is 187 Å². The average Bonchev–Trinajstić information content (AvgIpc) is 2.76. The van der Waals surface area contributed by atoms with E-state index in [0.717, 1.165) is 53.7 Å². The van der Waals surface area contributed by atoms with Gasteiger partial charge in [-0.2, -0.15) is 4.98 Å². The van der Waals surface area contributed by atoms with E-state index < -0.39 is 0 Å². The van der Waals surface area contributed by atoms with Crippen molar-refractivity contribution >= 4 is 27.7 Å². The van der Waals surface area contributed by atoms with Crippen molar-refractivity contribution in [1.29, 1.82) is 0 Å². The standard InChI is InChI=1S/C22H32BrN5O2/c1-28(2)21-9-10-25-22(27-21)26-17-7-5-15(6-8-17)13-24-14-16-11-19(29-3)20(30-4)12-18(16)23/h9-12,15,17,24H,5-8,13-14H2,1-4H3,(H,25,26,27)/t15-,17+. The summed E-state index contributed by atoms with van der Waals surface area (Å²) < 4.78 is 11.8. The maximum Gasteiger partial charge on any atom is 0.224 e. The van der Waals surface area contributed by atoms with E-state index in [9.17, 15) is 0 Å². The summed E-state index contributed by atoms with van der Waals surface area (Å²) in [6.45, 7) is 1.81. The SMILES string of the molecule is COc1cc(Br)c(CNC[C@H]2CC[C@@H](Nc3nccc(N(C)C)n3)CC2)cc1OC. The third-order valence-corrected chi connectivity index (χ3v) is 6.32. The van der Waals surface area contributed by atoms with E-state index in [2.05, 4.69) is 36.5 Å². The molecule has 30 heavy (non-hydrogen) atoms. The third-order valence-electron chi connectivity index (χ3n) is 5.58. The van der Waals surface area contributed by atoms with Crippen LogP contribution in [0.1, 0.15) is 31.2 Å². The normalized spacial score (nSPS) is 18.7. The largest absolute Gasteiger partial charge is 0.493 e. The van der Waals surface area contributed by atoms with Gasteiger partial charge in [-0.15, -0.1) is 0 Å². The van der Waals surface area contributed by atoms with E-state index in [0.29, 0.717) is 12.0 Å². The molecule has 1 aliphatic rings. The lowest BCUT2D eigenvalue weighted by Gasteiger charge is -2.29. The molecule has 0 bridgehead atoms. The Morgan fingerprint density at radius 2 is 1.80 bits per heavy atom. The highest BCUT2D eigenvalue weighted by Crippen LogP contribution is 2.33. The predicted octanol–water partition coefficient (Wildman–Crippen LogP) is 4.08. The van der Waals surface area contributed by atoms with E-state index in [1.807, 2.05) is 43.4 Å². The minimum absolute atomic E-state index is 0.443. The second kappa shape index (κ2) is 10.8. The molecule has 0 atom stereocenters. The Bertz CT molecular complexity index is 825. The highest BCUT2D eigenvalue weighted by Gasteiger charge is 2.21. The van der Waals surface area contributed by atoms with Crippen molar-refractivity contribution in [2.75, 3.05) is 45.1 Å². The number of nitrogens with zero attached hydrogens (tertiary/aromatic N) is 3. The van der Waals surface area contributed by atoms with Gasteiger partial charge in [0.15, 0.2) is 11.5 Å². The molecule has 1 aromatic heterocycles. The number of ether oxygens (including phenoxy) is 2. The molecular formula is C22H32BrN5O2. The first-order chi connectivity index (χ1) is 14.5. The zero-order valence-electron chi connectivity index (χ0n) is 18.2. The number of halogens is 1. The zero-order chi connectivity index (χ0) is 21.5. The van der Waals surface area contributed by atoms with Gasteiger partial charge < -0.3 is 25.0 Å². The van der Waals surface area contributed by atoms with Gasteiger partial charge in [-0.25, -0.2) is 4.98 Å². The van der Waals surface area contributed by atoms with Gasteiger partial charge in [0.05, 0.1) is 14.2 Å². The molecule has 1 aliphatic carbocycles. The van der Waals surface area contributed by atoms with Crippen LogP contribution in [0.3, 0.4) is 0 Å². The van der Waals surface area contributed by atoms with E-state index in [1.54, 1.807) is 14.2 Å². The Balaban J connectivity index is 1.44. The summed E-state index contributed by atoms with van der Waals surface area (Å²) in [5.74, 6) is 3.83. The zero-order valence-corrected chi connectivity index (χ0v) is 19.8. The van der Waals surface area contributed by atoms with Crippen molar-refractivity contribution < 1.29 is 9.47 Å². The lowest BCUT2D eigenvalue weighted by atomic mass is 9.86. The van der Waals surface area contributed by atoms with Crippen molar-refractivity contribution in [2.24, 2.45) is 5.92 Å². The van der Waals surface area contributed by atoms with Gasteiger partial charge in [-0.1, -0.05) is 15.9 Å². The van der Waals surface area contributed by atoms with Gasteiger partial charge >= 0.3 is 0 Å². The van der Waals surface area contributed by atoms with Gasteiger partial charge in [0, 0.05) is 37.4 Å². The summed E-state index contributed by atoms with van der Waals surface area (Å²) in [7, 11) is 7.30. The summed E-state index contributed by atoms with van der Waals surface area (Å²) >= 11 is 3.63. The fourth-order valence-corrected chi connectivity index (χ4v) is 4.27. The molecular weight excluding hydrogens is 446 g/mol. The van der Waals surface area contributed by atoms with E-state index in [-0.39, 0.29) is 0 Å². The van der Waals surface area contributed by atoms with Crippen LogP contribution in [-0.2, 0) is 6.54 Å². The third kappa shape index (κ3) is 5.98. The summed E-state index contributed by atoms with van der Waals surface area (Å²) in [6, 6.07) is 6.35. The lowest BCUT2D eigenvalue weighted by molar-refractivity contribution is 0.323.